The average molecular weight is 483 g/mol. The minimum absolute atomic E-state index is 0.697. The summed E-state index contributed by atoms with van der Waals surface area (Å²) in [6.07, 6.45) is 5.85. The number of hydrogen-bond donors (Lipinski definition) is 0. The van der Waals surface area contributed by atoms with E-state index in [1.165, 1.54) is 52.9 Å². The van der Waals surface area contributed by atoms with Crippen LogP contribution in [0, 0.1) is 0 Å². The van der Waals surface area contributed by atoms with Crippen LogP contribution in [0.5, 0.6) is 5.75 Å². The van der Waals surface area contributed by atoms with E-state index in [9.17, 15) is 0 Å². The smallest absolute Gasteiger partial charge is 0.156 e. The second kappa shape index (κ2) is 10.2. The monoisotopic (exact) mass is 482 g/mol. The number of ether oxygens (including phenoxy) is 1. The highest BCUT2D eigenvalue weighted by atomic mass is 32.1. The molecule has 0 radical (unpaired) electrons. The first kappa shape index (κ1) is 22.3. The summed E-state index contributed by atoms with van der Waals surface area (Å²) in [5.74, 6) is 1.76. The second-order valence-corrected chi connectivity index (χ2v) is 10.4. The third kappa shape index (κ3) is 5.09. The number of thiophene rings is 1. The number of rotatable bonds is 8. The Balaban J connectivity index is 1.11. The molecular weight excluding hydrogens is 452 g/mol. The number of piperidine rings is 1. The summed E-state index contributed by atoms with van der Waals surface area (Å²) >= 11 is 1.79. The molecule has 0 aliphatic carbocycles. The van der Waals surface area contributed by atoms with Gasteiger partial charge in [-0.25, -0.2) is 9.50 Å². The summed E-state index contributed by atoms with van der Waals surface area (Å²) in [4.78, 5) is 8.56. The van der Waals surface area contributed by atoms with E-state index in [0.29, 0.717) is 6.42 Å². The Morgan fingerprint density at radius 2 is 1.74 bits per heavy atom. The van der Waals surface area contributed by atoms with Gasteiger partial charge in [-0.15, -0.1) is 11.3 Å². The van der Waals surface area contributed by atoms with Gasteiger partial charge in [-0.1, -0.05) is 42.8 Å². The van der Waals surface area contributed by atoms with Gasteiger partial charge in [0.15, 0.2) is 11.5 Å². The van der Waals surface area contributed by atoms with E-state index in [-0.39, 0.29) is 0 Å². The Bertz CT molecular complexity index is 1380. The molecule has 0 unspecified atom stereocenters. The predicted molar refractivity (Wildman–Crippen MR) is 143 cm³/mol. The molecule has 1 saturated heterocycles. The molecule has 3 aromatic heterocycles. The molecule has 6 heteroatoms. The SMILES string of the molecule is c1ccc2sc(-c3cccc4nc(Cc5ccc(OCCCN6CCCCC6)cc5)nn34)cc2c1. The fraction of sp³-hybridized carbons (Fsp3) is 0.310. The van der Waals surface area contributed by atoms with Gasteiger partial charge in [0.05, 0.1) is 17.2 Å². The zero-order valence-corrected chi connectivity index (χ0v) is 20.7. The molecule has 0 saturated carbocycles. The van der Waals surface area contributed by atoms with Crippen molar-refractivity contribution in [1.29, 1.82) is 0 Å². The van der Waals surface area contributed by atoms with Crippen molar-refractivity contribution < 1.29 is 4.74 Å². The number of pyridine rings is 1. The van der Waals surface area contributed by atoms with Gasteiger partial charge in [-0.05, 0) is 79.7 Å². The van der Waals surface area contributed by atoms with Crippen LogP contribution in [0.2, 0.25) is 0 Å². The number of aromatic nitrogens is 3. The van der Waals surface area contributed by atoms with Crippen molar-refractivity contribution in [2.75, 3.05) is 26.2 Å². The molecule has 1 aliphatic heterocycles. The molecule has 2 aromatic carbocycles. The van der Waals surface area contributed by atoms with E-state index >= 15 is 0 Å². The van der Waals surface area contributed by atoms with Crippen LogP contribution in [-0.4, -0.2) is 45.7 Å². The van der Waals surface area contributed by atoms with E-state index in [0.717, 1.165) is 42.5 Å². The Morgan fingerprint density at radius 3 is 2.60 bits per heavy atom. The molecule has 5 aromatic rings. The molecule has 178 valence electrons. The Kier molecular flexibility index (Phi) is 6.47. The summed E-state index contributed by atoms with van der Waals surface area (Å²) in [6, 6.07) is 25.3. The molecule has 0 spiro atoms. The van der Waals surface area contributed by atoms with Crippen LogP contribution in [-0.2, 0) is 6.42 Å². The van der Waals surface area contributed by atoms with Gasteiger partial charge in [-0.3, -0.25) is 0 Å². The zero-order valence-electron chi connectivity index (χ0n) is 19.9. The van der Waals surface area contributed by atoms with Crippen LogP contribution < -0.4 is 4.74 Å². The predicted octanol–water partition coefficient (Wildman–Crippen LogP) is 6.46. The number of likely N-dealkylation sites (tertiary alicyclic amines) is 1. The first-order chi connectivity index (χ1) is 17.3. The van der Waals surface area contributed by atoms with E-state index in [1.54, 1.807) is 11.3 Å². The first-order valence-electron chi connectivity index (χ1n) is 12.6. The van der Waals surface area contributed by atoms with Crippen molar-refractivity contribution in [2.24, 2.45) is 0 Å². The van der Waals surface area contributed by atoms with Crippen molar-refractivity contribution in [1.82, 2.24) is 19.5 Å². The Morgan fingerprint density at radius 1 is 0.886 bits per heavy atom. The number of benzene rings is 2. The maximum atomic E-state index is 5.98. The third-order valence-corrected chi connectivity index (χ3v) is 7.84. The molecule has 5 nitrogen and oxygen atoms in total. The van der Waals surface area contributed by atoms with Gasteiger partial charge in [0.1, 0.15) is 5.75 Å². The molecular formula is C29H30N4OS. The minimum atomic E-state index is 0.697. The van der Waals surface area contributed by atoms with Gasteiger partial charge in [-0.2, -0.15) is 5.10 Å². The molecule has 0 atom stereocenters. The minimum Gasteiger partial charge on any atom is -0.494 e. The van der Waals surface area contributed by atoms with Crippen LogP contribution in [0.15, 0.2) is 72.8 Å². The molecule has 1 fully saturated rings. The van der Waals surface area contributed by atoms with Crippen LogP contribution in [0.25, 0.3) is 26.3 Å². The van der Waals surface area contributed by atoms with Crippen LogP contribution in [0.1, 0.15) is 37.1 Å². The largest absolute Gasteiger partial charge is 0.494 e. The highest BCUT2D eigenvalue weighted by Crippen LogP contribution is 2.33. The zero-order chi connectivity index (χ0) is 23.5. The molecule has 0 N–H and O–H groups in total. The van der Waals surface area contributed by atoms with Crippen LogP contribution in [0.4, 0.5) is 0 Å². The quantitative estimate of drug-likeness (QED) is 0.238. The lowest BCUT2D eigenvalue weighted by molar-refractivity contribution is 0.205. The average Bonchev–Trinajstić information content (AvgIpc) is 3.52. The lowest BCUT2D eigenvalue weighted by Gasteiger charge is -2.26. The topological polar surface area (TPSA) is 42.7 Å². The van der Waals surface area contributed by atoms with Crippen molar-refractivity contribution in [3.63, 3.8) is 0 Å². The number of hydrogen-bond acceptors (Lipinski definition) is 5. The molecule has 0 amide bonds. The molecule has 35 heavy (non-hydrogen) atoms. The van der Waals surface area contributed by atoms with Crippen molar-refractivity contribution in [3.05, 3.63) is 84.2 Å². The fourth-order valence-electron chi connectivity index (χ4n) is 4.87. The van der Waals surface area contributed by atoms with E-state index in [2.05, 4.69) is 71.6 Å². The summed E-state index contributed by atoms with van der Waals surface area (Å²) in [6.45, 7) is 4.40. The summed E-state index contributed by atoms with van der Waals surface area (Å²) in [5, 5.41) is 6.12. The lowest BCUT2D eigenvalue weighted by atomic mass is 10.1. The van der Waals surface area contributed by atoms with Crippen molar-refractivity contribution >= 4 is 27.1 Å². The van der Waals surface area contributed by atoms with Crippen molar-refractivity contribution in [2.45, 2.75) is 32.1 Å². The fourth-order valence-corrected chi connectivity index (χ4v) is 5.94. The van der Waals surface area contributed by atoms with Gasteiger partial charge in [0, 0.05) is 17.7 Å². The maximum Gasteiger partial charge on any atom is 0.156 e. The summed E-state index contributed by atoms with van der Waals surface area (Å²) in [5.41, 5.74) is 3.14. The van der Waals surface area contributed by atoms with Crippen molar-refractivity contribution in [3.8, 4) is 16.3 Å². The maximum absolute atomic E-state index is 5.98. The van der Waals surface area contributed by atoms with Gasteiger partial charge < -0.3 is 9.64 Å². The van der Waals surface area contributed by atoms with Crippen LogP contribution >= 0.6 is 11.3 Å². The van der Waals surface area contributed by atoms with Gasteiger partial charge >= 0.3 is 0 Å². The van der Waals surface area contributed by atoms with E-state index < -0.39 is 0 Å². The standard InChI is InChI=1S/C29H30N4OS/c1-4-16-32(17-5-1)18-7-19-34-24-14-12-22(13-15-24)20-28-30-29-11-6-9-25(33(29)31-28)27-21-23-8-2-3-10-26(23)35-27/h2-3,6,8-15,21H,1,4-5,7,16-20H2. The lowest BCUT2D eigenvalue weighted by Crippen LogP contribution is -2.31. The molecule has 0 bridgehead atoms. The van der Waals surface area contributed by atoms with E-state index in [4.69, 9.17) is 14.8 Å². The second-order valence-electron chi connectivity index (χ2n) is 9.28. The van der Waals surface area contributed by atoms with Gasteiger partial charge in [0.2, 0.25) is 0 Å². The molecule has 4 heterocycles. The summed E-state index contributed by atoms with van der Waals surface area (Å²) < 4.78 is 9.24. The Labute approximate surface area is 210 Å². The number of nitrogens with zero attached hydrogens (tertiary/aromatic N) is 4. The molecule has 1 aliphatic rings. The normalized spacial score (nSPS) is 14.6. The van der Waals surface area contributed by atoms with E-state index in [1.807, 2.05) is 10.6 Å². The highest BCUT2D eigenvalue weighted by Gasteiger charge is 2.12. The molecule has 6 rings (SSSR count). The Hall–Kier alpha value is -3.22. The third-order valence-electron chi connectivity index (χ3n) is 6.70. The van der Waals surface area contributed by atoms with Crippen LogP contribution in [0.3, 0.4) is 0 Å². The highest BCUT2D eigenvalue weighted by molar-refractivity contribution is 7.22. The summed E-state index contributed by atoms with van der Waals surface area (Å²) in [7, 11) is 0. The first-order valence-corrected chi connectivity index (χ1v) is 13.4. The number of fused-ring (bicyclic) bond motifs is 2. The van der Waals surface area contributed by atoms with Gasteiger partial charge in [0.25, 0.3) is 0 Å².